The van der Waals surface area contributed by atoms with Crippen LogP contribution in [0.2, 0.25) is 5.15 Å². The first-order valence-electron chi connectivity index (χ1n) is 5.74. The van der Waals surface area contributed by atoms with E-state index in [1.807, 2.05) is 0 Å². The first-order valence-corrected chi connectivity index (χ1v) is 6.12. The van der Waals surface area contributed by atoms with Crippen LogP contribution in [0.4, 0.5) is 4.39 Å². The fraction of sp³-hybridized carbons (Fsp3) is 0. The van der Waals surface area contributed by atoms with Crippen LogP contribution in [0.15, 0.2) is 42.5 Å². The smallest absolute Gasteiger partial charge is 0.355 e. The number of carbonyl (C=O) groups is 1. The molecule has 100 valence electrons. The molecule has 0 radical (unpaired) electrons. The molecule has 0 unspecified atom stereocenters. The lowest BCUT2D eigenvalue weighted by Crippen LogP contribution is -2.04. The van der Waals surface area contributed by atoms with Gasteiger partial charge in [-0.2, -0.15) is 0 Å². The molecule has 0 saturated carbocycles. The van der Waals surface area contributed by atoms with Gasteiger partial charge in [-0.1, -0.05) is 17.7 Å². The van der Waals surface area contributed by atoms with Crippen LogP contribution in [0.25, 0.3) is 16.9 Å². The molecule has 2 heterocycles. The second-order valence-electron chi connectivity index (χ2n) is 4.16. The Morgan fingerprint density at radius 1 is 1.20 bits per heavy atom. The second kappa shape index (κ2) is 4.61. The van der Waals surface area contributed by atoms with Crippen molar-refractivity contribution < 1.29 is 14.3 Å². The van der Waals surface area contributed by atoms with Crippen molar-refractivity contribution in [2.24, 2.45) is 0 Å². The molecule has 2 aromatic heterocycles. The molecule has 1 aromatic carbocycles. The molecular weight excluding hydrogens is 283 g/mol. The van der Waals surface area contributed by atoms with Gasteiger partial charge in [-0.15, -0.1) is 0 Å². The lowest BCUT2D eigenvalue weighted by atomic mass is 10.1. The molecule has 0 aliphatic carbocycles. The lowest BCUT2D eigenvalue weighted by molar-refractivity contribution is 0.0690. The molecule has 0 aliphatic rings. The minimum Gasteiger partial charge on any atom is -0.476 e. The Balaban J connectivity index is 2.35. The van der Waals surface area contributed by atoms with E-state index in [1.54, 1.807) is 18.2 Å². The second-order valence-corrected chi connectivity index (χ2v) is 4.55. The number of benzene rings is 1. The highest BCUT2D eigenvalue weighted by Crippen LogP contribution is 2.27. The first-order chi connectivity index (χ1) is 9.58. The van der Waals surface area contributed by atoms with Crippen LogP contribution in [0.1, 0.15) is 10.5 Å². The molecule has 20 heavy (non-hydrogen) atoms. The zero-order chi connectivity index (χ0) is 14.3. The van der Waals surface area contributed by atoms with Gasteiger partial charge in [0.05, 0.1) is 0 Å². The van der Waals surface area contributed by atoms with Gasteiger partial charge in [0.25, 0.3) is 0 Å². The molecule has 0 bridgehead atoms. The maximum atomic E-state index is 13.0. The van der Waals surface area contributed by atoms with E-state index in [0.29, 0.717) is 11.2 Å². The first kappa shape index (κ1) is 12.6. The zero-order valence-electron chi connectivity index (χ0n) is 10.0. The summed E-state index contributed by atoms with van der Waals surface area (Å²) in [6, 6.07) is 10.4. The van der Waals surface area contributed by atoms with Crippen LogP contribution in [0.5, 0.6) is 0 Å². The standard InChI is InChI=1S/C14H8ClFN2O2/c15-10-2-1-3-11-17-12(13(14(19)20)18(10)11)8-4-6-9(16)7-5-8/h1-7H,(H,19,20). The molecular formula is C14H8ClFN2O2. The third-order valence-electron chi connectivity index (χ3n) is 2.92. The summed E-state index contributed by atoms with van der Waals surface area (Å²) in [6.45, 7) is 0. The average Bonchev–Trinajstić information content (AvgIpc) is 2.80. The van der Waals surface area contributed by atoms with Gasteiger partial charge in [-0.25, -0.2) is 14.2 Å². The monoisotopic (exact) mass is 290 g/mol. The van der Waals surface area contributed by atoms with Crippen molar-refractivity contribution in [3.05, 3.63) is 59.1 Å². The molecule has 0 spiro atoms. The van der Waals surface area contributed by atoms with E-state index >= 15 is 0 Å². The van der Waals surface area contributed by atoms with Crippen molar-refractivity contribution in [2.75, 3.05) is 0 Å². The predicted octanol–water partition coefficient (Wildman–Crippen LogP) is 3.49. The third-order valence-corrected chi connectivity index (χ3v) is 3.21. The Bertz CT molecular complexity index is 812. The Morgan fingerprint density at radius 3 is 2.55 bits per heavy atom. The van der Waals surface area contributed by atoms with Gasteiger partial charge in [0.15, 0.2) is 5.69 Å². The summed E-state index contributed by atoms with van der Waals surface area (Å²) in [5.41, 5.74) is 1.15. The number of halogens is 2. The molecule has 1 N–H and O–H groups in total. The van der Waals surface area contributed by atoms with Gasteiger partial charge in [0.1, 0.15) is 22.3 Å². The maximum Gasteiger partial charge on any atom is 0.355 e. The number of carboxylic acids is 1. The van der Waals surface area contributed by atoms with Crippen molar-refractivity contribution in [1.82, 2.24) is 9.38 Å². The van der Waals surface area contributed by atoms with E-state index in [4.69, 9.17) is 11.6 Å². The Labute approximate surface area is 118 Å². The fourth-order valence-electron chi connectivity index (χ4n) is 2.06. The van der Waals surface area contributed by atoms with Gasteiger partial charge in [0.2, 0.25) is 0 Å². The highest BCUT2D eigenvalue weighted by atomic mass is 35.5. The number of pyridine rings is 1. The number of nitrogens with zero attached hydrogens (tertiary/aromatic N) is 2. The fourth-order valence-corrected chi connectivity index (χ4v) is 2.30. The number of hydrogen-bond donors (Lipinski definition) is 1. The summed E-state index contributed by atoms with van der Waals surface area (Å²) in [4.78, 5) is 15.8. The SMILES string of the molecule is O=C(O)c1c(-c2ccc(F)cc2)nc2cccc(Cl)n12. The molecule has 0 fully saturated rings. The largest absolute Gasteiger partial charge is 0.476 e. The number of carboxylic acid groups (broad SMARTS) is 1. The summed E-state index contributed by atoms with van der Waals surface area (Å²) >= 11 is 6.03. The molecule has 0 amide bonds. The van der Waals surface area contributed by atoms with Crippen LogP contribution in [0.3, 0.4) is 0 Å². The quantitative estimate of drug-likeness (QED) is 0.735. The number of imidazole rings is 1. The van der Waals surface area contributed by atoms with Crippen LogP contribution < -0.4 is 0 Å². The highest BCUT2D eigenvalue weighted by molar-refractivity contribution is 6.30. The highest BCUT2D eigenvalue weighted by Gasteiger charge is 2.21. The molecule has 6 heteroatoms. The summed E-state index contributed by atoms with van der Waals surface area (Å²) in [5.74, 6) is -1.54. The number of fused-ring (bicyclic) bond motifs is 1. The van der Waals surface area contributed by atoms with Crippen LogP contribution in [-0.4, -0.2) is 20.5 Å². The van der Waals surface area contributed by atoms with Crippen LogP contribution in [0, 0.1) is 5.82 Å². The van der Waals surface area contributed by atoms with Crippen LogP contribution >= 0.6 is 11.6 Å². The number of hydrogen-bond acceptors (Lipinski definition) is 2. The van der Waals surface area contributed by atoms with Gasteiger partial charge in [-0.05, 0) is 36.4 Å². The van der Waals surface area contributed by atoms with Gasteiger partial charge in [0, 0.05) is 5.56 Å². The van der Waals surface area contributed by atoms with Gasteiger partial charge in [-0.3, -0.25) is 4.40 Å². The van der Waals surface area contributed by atoms with Crippen molar-refractivity contribution in [2.45, 2.75) is 0 Å². The van der Waals surface area contributed by atoms with Crippen molar-refractivity contribution in [3.63, 3.8) is 0 Å². The lowest BCUT2D eigenvalue weighted by Gasteiger charge is -2.02. The summed E-state index contributed by atoms with van der Waals surface area (Å²) in [7, 11) is 0. The third kappa shape index (κ3) is 1.92. The minimum atomic E-state index is -1.15. The Kier molecular flexibility index (Phi) is 2.91. The van der Waals surface area contributed by atoms with Crippen molar-refractivity contribution >= 4 is 23.2 Å². The van der Waals surface area contributed by atoms with Crippen molar-refractivity contribution in [3.8, 4) is 11.3 Å². The number of aromatic nitrogens is 2. The molecule has 4 nitrogen and oxygen atoms in total. The number of rotatable bonds is 2. The van der Waals surface area contributed by atoms with E-state index in [2.05, 4.69) is 4.98 Å². The summed E-state index contributed by atoms with van der Waals surface area (Å²) in [6.07, 6.45) is 0. The number of aromatic carboxylic acids is 1. The predicted molar refractivity (Wildman–Crippen MR) is 72.6 cm³/mol. The Morgan fingerprint density at radius 2 is 1.90 bits per heavy atom. The van der Waals surface area contributed by atoms with E-state index in [9.17, 15) is 14.3 Å². The molecule has 3 aromatic rings. The Hall–Kier alpha value is -2.40. The topological polar surface area (TPSA) is 54.6 Å². The van der Waals surface area contributed by atoms with Crippen LogP contribution in [-0.2, 0) is 0 Å². The zero-order valence-corrected chi connectivity index (χ0v) is 10.8. The van der Waals surface area contributed by atoms with Crippen molar-refractivity contribution in [1.29, 1.82) is 0 Å². The molecule has 0 aliphatic heterocycles. The average molecular weight is 291 g/mol. The molecule has 0 atom stereocenters. The van der Waals surface area contributed by atoms with Gasteiger partial charge >= 0.3 is 5.97 Å². The molecule has 3 rings (SSSR count). The normalized spacial score (nSPS) is 10.9. The summed E-state index contributed by atoms with van der Waals surface area (Å²) < 4.78 is 14.3. The van der Waals surface area contributed by atoms with E-state index < -0.39 is 11.8 Å². The molecule has 0 saturated heterocycles. The summed E-state index contributed by atoms with van der Waals surface area (Å²) in [5, 5.41) is 9.65. The van der Waals surface area contributed by atoms with E-state index in [0.717, 1.165) is 0 Å². The maximum absolute atomic E-state index is 13.0. The van der Waals surface area contributed by atoms with E-state index in [1.165, 1.54) is 28.7 Å². The minimum absolute atomic E-state index is 0.0443. The van der Waals surface area contributed by atoms with Gasteiger partial charge < -0.3 is 5.11 Å². The van der Waals surface area contributed by atoms with E-state index in [-0.39, 0.29) is 16.5 Å².